The van der Waals surface area contributed by atoms with Crippen LogP contribution in [-0.2, 0) is 26.2 Å². The van der Waals surface area contributed by atoms with Crippen LogP contribution in [0, 0.1) is 0 Å². The van der Waals surface area contributed by atoms with Crippen LogP contribution in [-0.4, -0.2) is 56.1 Å². The van der Waals surface area contributed by atoms with Gasteiger partial charge in [-0.3, -0.25) is 0 Å². The Balaban J connectivity index is 0.00000400. The predicted molar refractivity (Wildman–Crippen MR) is 144 cm³/mol. The minimum atomic E-state index is -0.212. The maximum Gasteiger partial charge on any atom is -1.00 e. The fourth-order valence-electron chi connectivity index (χ4n) is 5.22. The molecule has 0 amide bonds. The molecule has 0 aromatic heterocycles. The molecule has 2 aromatic rings. The molecule has 2 N–H and O–H groups in total. The molecule has 0 spiro atoms. The molecule has 2 atom stereocenters. The van der Waals surface area contributed by atoms with Crippen molar-refractivity contribution in [3.05, 3.63) is 46.5 Å². The Bertz CT molecular complexity index is 1150. The van der Waals surface area contributed by atoms with E-state index in [4.69, 9.17) is 9.47 Å². The second-order valence-electron chi connectivity index (χ2n) is 12.2. The summed E-state index contributed by atoms with van der Waals surface area (Å²) in [6.45, 7) is 12.6. The Morgan fingerprint density at radius 3 is 1.42 bits per heavy atom. The van der Waals surface area contributed by atoms with Crippen LogP contribution in [0.25, 0.3) is 0 Å². The van der Waals surface area contributed by atoms with Crippen molar-refractivity contribution in [2.75, 3.05) is 14.2 Å². The van der Waals surface area contributed by atoms with Crippen molar-refractivity contribution < 1.29 is 54.7 Å². The maximum atomic E-state index is 11.2. The van der Waals surface area contributed by atoms with Gasteiger partial charge in [-0.15, -0.1) is 0 Å². The minimum Gasteiger partial charge on any atom is -1.00 e. The molecule has 0 unspecified atom stereocenters. The third-order valence-electron chi connectivity index (χ3n) is 7.34. The molecule has 1 saturated carbocycles. The molecular weight excluding hydrogens is 543 g/mol. The molecule has 0 radical (unpaired) electrons. The second-order valence-corrected chi connectivity index (χ2v) is 13.6. The number of phenolic OH excluding ortho intramolecular Hbond substituents is 2. The van der Waals surface area contributed by atoms with E-state index in [1.54, 1.807) is 14.2 Å². The zero-order valence-electron chi connectivity index (χ0n) is 23.8. The normalized spacial score (nSPS) is 21.8. The number of fused-ring (bicyclic) bond motifs is 1. The fraction of sp³-hybridized carbons (Fsp3) is 0.533. The summed E-state index contributed by atoms with van der Waals surface area (Å²) >= 11 is 0.323. The molecule has 38 heavy (non-hydrogen) atoms. The molecule has 209 valence electrons. The van der Waals surface area contributed by atoms with Crippen molar-refractivity contribution in [2.24, 2.45) is 0 Å². The van der Waals surface area contributed by atoms with Crippen LogP contribution in [0.3, 0.4) is 0 Å². The first kappa shape index (κ1) is 30.3. The first-order chi connectivity index (χ1) is 17.3. The van der Waals surface area contributed by atoms with E-state index < -0.39 is 0 Å². The Hall–Kier alpha value is -2.21. The molecule has 2 fully saturated rings. The molecule has 1 heterocycles. The number of phenols is 2. The van der Waals surface area contributed by atoms with Crippen LogP contribution in [0.2, 0.25) is 0 Å². The zero-order valence-corrected chi connectivity index (χ0v) is 25.7. The average Bonchev–Trinajstić information content (AvgIpc) is 3.17. The first-order valence-electron chi connectivity index (χ1n) is 13.1. The Morgan fingerprint density at radius 1 is 0.737 bits per heavy atom. The Labute approximate surface area is 240 Å². The summed E-state index contributed by atoms with van der Waals surface area (Å²) in [5.41, 5.74) is 2.89. The van der Waals surface area contributed by atoms with E-state index in [1.165, 1.54) is 12.8 Å². The van der Waals surface area contributed by atoms with E-state index in [1.807, 2.05) is 24.3 Å². The number of rotatable bonds is 4. The molecule has 2 aliphatic rings. The van der Waals surface area contributed by atoms with Gasteiger partial charge >= 0.3 is 229 Å². The summed E-state index contributed by atoms with van der Waals surface area (Å²) in [7, 11) is 3.33. The number of hydrogen-bond donors (Lipinski definition) is 2. The summed E-state index contributed by atoms with van der Waals surface area (Å²) in [4.78, 5) is 0. The summed E-state index contributed by atoms with van der Waals surface area (Å²) in [6.07, 6.45) is 8.81. The molecule has 1 saturated heterocycles. The molecule has 1 aliphatic carbocycles. The largest absolute Gasteiger partial charge is 1.00 e. The SMILES string of the molecule is COc1cc(C=[N+]2[Mn][N+](=Cc3cc(OC)cc(C(C)(C)C)c3O)[C@@H]3CCCC[C@H]32)c(O)c(C(C)(C)C)c1.[Cl-]. The number of methoxy groups -OCH3 is 2. The topological polar surface area (TPSA) is 64.9 Å². The minimum absolute atomic E-state index is 0. The standard InChI is InChI=1S/C30H42N2O4.ClH.Mn/c1-29(2,3)23-15-21(35-7)13-19(27(23)33)17-31-25-11-9-10-12-26(25)32-18-20-14-22(36-8)16-24(28(20)34)30(4,5)6;;/h13-18,25-26,33-34H,9-12H2,1-8H3;1H;/q;;+2/p-1/t25-,26-;;/m1../s1. The molecule has 6 nitrogen and oxygen atoms in total. The molecule has 1 aliphatic heterocycles. The van der Waals surface area contributed by atoms with Crippen molar-refractivity contribution in [1.82, 2.24) is 0 Å². The molecule has 2 aromatic carbocycles. The smallest absolute Gasteiger partial charge is 1.00 e. The quantitative estimate of drug-likeness (QED) is 0.542. The van der Waals surface area contributed by atoms with Gasteiger partial charge in [0.25, 0.3) is 0 Å². The molecule has 4 rings (SSSR count). The van der Waals surface area contributed by atoms with Crippen molar-refractivity contribution >= 4 is 12.4 Å². The second kappa shape index (κ2) is 11.5. The van der Waals surface area contributed by atoms with Crippen molar-refractivity contribution in [1.29, 1.82) is 0 Å². The third kappa shape index (κ3) is 6.16. The molecule has 8 heteroatoms. The summed E-state index contributed by atoms with van der Waals surface area (Å²) in [5, 5.41) is 22.4. The van der Waals surface area contributed by atoms with Crippen molar-refractivity contribution in [3.8, 4) is 23.0 Å². The first-order valence-corrected chi connectivity index (χ1v) is 14.1. The maximum absolute atomic E-state index is 11.2. The van der Waals surface area contributed by atoms with Gasteiger partial charge in [0.2, 0.25) is 0 Å². The van der Waals surface area contributed by atoms with E-state index in [0.717, 1.165) is 46.6 Å². The number of aromatic hydroxyl groups is 2. The van der Waals surface area contributed by atoms with Crippen LogP contribution in [0.5, 0.6) is 23.0 Å². The van der Waals surface area contributed by atoms with Gasteiger partial charge < -0.3 is 12.4 Å². The van der Waals surface area contributed by atoms with Gasteiger partial charge in [-0.1, -0.05) is 0 Å². The van der Waals surface area contributed by atoms with E-state index in [2.05, 4.69) is 61.2 Å². The van der Waals surface area contributed by atoms with Crippen LogP contribution in [0.15, 0.2) is 24.3 Å². The van der Waals surface area contributed by atoms with E-state index >= 15 is 0 Å². The van der Waals surface area contributed by atoms with E-state index in [9.17, 15) is 10.2 Å². The van der Waals surface area contributed by atoms with Crippen molar-refractivity contribution in [3.63, 3.8) is 0 Å². The van der Waals surface area contributed by atoms with E-state index in [-0.39, 0.29) is 23.2 Å². The van der Waals surface area contributed by atoms with Gasteiger partial charge in [-0.2, -0.15) is 0 Å². The zero-order chi connectivity index (χ0) is 27.1. The van der Waals surface area contributed by atoms with Crippen LogP contribution in [0.4, 0.5) is 0 Å². The summed E-state index contributed by atoms with van der Waals surface area (Å²) in [5.74, 6) is 2.12. The van der Waals surface area contributed by atoms with Crippen LogP contribution >= 0.6 is 0 Å². The summed E-state index contributed by atoms with van der Waals surface area (Å²) < 4.78 is 15.9. The van der Waals surface area contributed by atoms with Gasteiger partial charge in [-0.25, -0.2) is 0 Å². The van der Waals surface area contributed by atoms with Gasteiger partial charge in [-0.05, 0) is 0 Å². The fourth-order valence-corrected chi connectivity index (χ4v) is 7.06. The van der Waals surface area contributed by atoms with Crippen molar-refractivity contribution in [2.45, 2.75) is 90.1 Å². The van der Waals surface area contributed by atoms with Gasteiger partial charge in [0.05, 0.1) is 0 Å². The number of hydrogen-bond acceptors (Lipinski definition) is 4. The monoisotopic (exact) mass is 584 g/mol. The Kier molecular flexibility index (Phi) is 9.17. The van der Waals surface area contributed by atoms with Crippen LogP contribution < -0.4 is 21.9 Å². The number of halogens is 1. The Morgan fingerprint density at radius 2 is 1.11 bits per heavy atom. The number of benzene rings is 2. The van der Waals surface area contributed by atoms with Gasteiger partial charge in [0.15, 0.2) is 0 Å². The third-order valence-corrected chi connectivity index (χ3v) is 8.97. The van der Waals surface area contributed by atoms with Gasteiger partial charge in [0, 0.05) is 0 Å². The summed E-state index contributed by atoms with van der Waals surface area (Å²) in [6, 6.07) is 8.40. The average molecular weight is 585 g/mol. The van der Waals surface area contributed by atoms with Gasteiger partial charge in [0.1, 0.15) is 0 Å². The van der Waals surface area contributed by atoms with E-state index in [0.29, 0.717) is 39.0 Å². The number of ether oxygens (including phenoxy) is 2. The number of nitrogens with zero attached hydrogens (tertiary/aromatic N) is 2. The molecular formula is C30H42ClMnN2O4+. The predicted octanol–water partition coefficient (Wildman–Crippen LogP) is 2.51. The molecule has 0 bridgehead atoms. The van der Waals surface area contributed by atoms with Crippen LogP contribution in [0.1, 0.15) is 89.5 Å².